The largest absolute Gasteiger partial charge is 0.367 e. The molecule has 1 fully saturated rings. The van der Waals surface area contributed by atoms with Gasteiger partial charge in [-0.15, -0.1) is 0 Å². The molecule has 122 valence electrons. The molecule has 1 aromatic carbocycles. The first-order chi connectivity index (χ1) is 11.3. The highest BCUT2D eigenvalue weighted by Crippen LogP contribution is 2.22. The number of benzene rings is 1. The smallest absolute Gasteiger partial charge is 0.164 e. The summed E-state index contributed by atoms with van der Waals surface area (Å²) in [6.07, 6.45) is 4.01. The molecule has 2 heterocycles. The molecule has 1 aliphatic heterocycles. The Morgan fingerprint density at radius 2 is 2.00 bits per heavy atom. The van der Waals surface area contributed by atoms with Crippen LogP contribution in [0, 0.1) is 5.82 Å². The van der Waals surface area contributed by atoms with Gasteiger partial charge in [-0.05, 0) is 44.5 Å². The molecule has 0 radical (unpaired) electrons. The molecule has 1 aromatic heterocycles. The van der Waals surface area contributed by atoms with Crippen LogP contribution in [-0.2, 0) is 6.42 Å². The third kappa shape index (κ3) is 4.05. The Kier molecular flexibility index (Phi) is 5.18. The summed E-state index contributed by atoms with van der Waals surface area (Å²) in [6, 6.07) is 9.08. The molecule has 0 amide bonds. The average Bonchev–Trinajstić information content (AvgIpc) is 2.56. The number of hydrogen-bond acceptors (Lipinski definition) is 4. The minimum absolute atomic E-state index is 0.283. The molecule has 1 aliphatic rings. The van der Waals surface area contributed by atoms with Gasteiger partial charge in [0.25, 0.3) is 0 Å². The molecule has 0 unspecified atom stereocenters. The molecule has 5 heteroatoms. The fourth-order valence-electron chi connectivity index (χ4n) is 2.89. The number of piperidine rings is 1. The zero-order chi connectivity index (χ0) is 16.1. The summed E-state index contributed by atoms with van der Waals surface area (Å²) in [5, 5.41) is 6.85. The van der Waals surface area contributed by atoms with Crippen molar-refractivity contribution >= 4 is 5.82 Å². The maximum Gasteiger partial charge on any atom is 0.164 e. The van der Waals surface area contributed by atoms with Crippen LogP contribution in [0.2, 0.25) is 0 Å². The predicted octanol–water partition coefficient (Wildman–Crippen LogP) is 3.40. The van der Waals surface area contributed by atoms with E-state index >= 15 is 0 Å². The van der Waals surface area contributed by atoms with E-state index in [9.17, 15) is 4.39 Å². The van der Waals surface area contributed by atoms with E-state index in [0.29, 0.717) is 17.4 Å². The number of aromatic nitrogens is 2. The number of anilines is 1. The van der Waals surface area contributed by atoms with Crippen LogP contribution in [0.15, 0.2) is 30.3 Å². The number of hydrogen-bond donors (Lipinski definition) is 2. The number of nitrogens with zero attached hydrogens (tertiary/aromatic N) is 2. The number of nitrogens with one attached hydrogen (secondary N) is 2. The molecule has 1 saturated heterocycles. The van der Waals surface area contributed by atoms with Crippen LogP contribution in [0.3, 0.4) is 0 Å². The highest BCUT2D eigenvalue weighted by molar-refractivity contribution is 5.58. The first kappa shape index (κ1) is 15.9. The Morgan fingerprint density at radius 1 is 1.22 bits per heavy atom. The second kappa shape index (κ2) is 7.51. The summed E-state index contributed by atoms with van der Waals surface area (Å²) in [7, 11) is 0. The van der Waals surface area contributed by atoms with Gasteiger partial charge in [-0.2, -0.15) is 0 Å². The van der Waals surface area contributed by atoms with E-state index in [1.165, 1.54) is 6.07 Å². The van der Waals surface area contributed by atoms with Gasteiger partial charge in [0.15, 0.2) is 5.82 Å². The number of aryl methyl sites for hydroxylation is 1. The van der Waals surface area contributed by atoms with Gasteiger partial charge in [0.2, 0.25) is 0 Å². The summed E-state index contributed by atoms with van der Waals surface area (Å²) in [6.45, 7) is 4.15. The molecule has 0 saturated carbocycles. The van der Waals surface area contributed by atoms with Crippen LogP contribution in [0.4, 0.5) is 10.2 Å². The van der Waals surface area contributed by atoms with E-state index in [4.69, 9.17) is 0 Å². The van der Waals surface area contributed by atoms with Gasteiger partial charge in [0, 0.05) is 17.8 Å². The van der Waals surface area contributed by atoms with Gasteiger partial charge >= 0.3 is 0 Å². The van der Waals surface area contributed by atoms with Gasteiger partial charge in [-0.1, -0.05) is 25.5 Å². The Balaban J connectivity index is 1.91. The molecule has 2 N–H and O–H groups in total. The van der Waals surface area contributed by atoms with Gasteiger partial charge in [-0.25, -0.2) is 14.4 Å². The maximum absolute atomic E-state index is 14.1. The van der Waals surface area contributed by atoms with Crippen LogP contribution >= 0.6 is 0 Å². The van der Waals surface area contributed by atoms with Crippen molar-refractivity contribution in [3.63, 3.8) is 0 Å². The quantitative estimate of drug-likeness (QED) is 0.888. The van der Waals surface area contributed by atoms with Crippen molar-refractivity contribution in [3.05, 3.63) is 41.8 Å². The third-order valence-corrected chi connectivity index (χ3v) is 4.09. The van der Waals surface area contributed by atoms with Crippen LogP contribution in [0.25, 0.3) is 11.4 Å². The van der Waals surface area contributed by atoms with Gasteiger partial charge in [-0.3, -0.25) is 0 Å². The van der Waals surface area contributed by atoms with Crippen molar-refractivity contribution in [3.8, 4) is 11.4 Å². The maximum atomic E-state index is 14.1. The Labute approximate surface area is 136 Å². The topological polar surface area (TPSA) is 49.8 Å². The normalized spacial score (nSPS) is 15.6. The lowest BCUT2D eigenvalue weighted by Gasteiger charge is -2.24. The van der Waals surface area contributed by atoms with E-state index < -0.39 is 0 Å². The van der Waals surface area contributed by atoms with Crippen LogP contribution in [0.5, 0.6) is 0 Å². The van der Waals surface area contributed by atoms with Crippen molar-refractivity contribution in [2.75, 3.05) is 18.4 Å². The second-order valence-electron chi connectivity index (χ2n) is 5.97. The van der Waals surface area contributed by atoms with Crippen molar-refractivity contribution in [2.24, 2.45) is 0 Å². The molecule has 23 heavy (non-hydrogen) atoms. The zero-order valence-electron chi connectivity index (χ0n) is 13.5. The van der Waals surface area contributed by atoms with Gasteiger partial charge in [0.05, 0.1) is 5.56 Å². The van der Waals surface area contributed by atoms with Crippen molar-refractivity contribution < 1.29 is 4.39 Å². The van der Waals surface area contributed by atoms with E-state index in [0.717, 1.165) is 50.3 Å². The Morgan fingerprint density at radius 3 is 2.74 bits per heavy atom. The van der Waals surface area contributed by atoms with Crippen LogP contribution in [0.1, 0.15) is 31.9 Å². The Hall–Kier alpha value is -2.01. The molecule has 0 aliphatic carbocycles. The first-order valence-electron chi connectivity index (χ1n) is 8.36. The first-order valence-corrected chi connectivity index (χ1v) is 8.36. The highest BCUT2D eigenvalue weighted by atomic mass is 19.1. The second-order valence-corrected chi connectivity index (χ2v) is 5.97. The van der Waals surface area contributed by atoms with Gasteiger partial charge < -0.3 is 10.6 Å². The summed E-state index contributed by atoms with van der Waals surface area (Å²) >= 11 is 0. The van der Waals surface area contributed by atoms with Crippen LogP contribution in [-0.4, -0.2) is 29.1 Å². The lowest BCUT2D eigenvalue weighted by Crippen LogP contribution is -2.35. The van der Waals surface area contributed by atoms with E-state index in [-0.39, 0.29) is 5.82 Å². The molecule has 0 atom stereocenters. The summed E-state index contributed by atoms with van der Waals surface area (Å²) in [4.78, 5) is 9.10. The minimum atomic E-state index is -0.283. The van der Waals surface area contributed by atoms with Crippen molar-refractivity contribution in [1.29, 1.82) is 0 Å². The molecule has 2 aromatic rings. The minimum Gasteiger partial charge on any atom is -0.367 e. The standard InChI is InChI=1S/C18H23FN4/c1-2-5-14-12-17(21-13-8-10-20-11-9-13)23-18(22-14)15-6-3-4-7-16(15)19/h3-4,6-7,12-13,20H,2,5,8-11H2,1H3,(H,21,22,23). The Bertz CT molecular complexity index is 653. The SMILES string of the molecule is CCCc1cc(NC2CCNCC2)nc(-c2ccccc2F)n1. The van der Waals surface area contributed by atoms with E-state index in [1.807, 2.05) is 12.1 Å². The van der Waals surface area contributed by atoms with E-state index in [1.54, 1.807) is 12.1 Å². The average molecular weight is 314 g/mol. The monoisotopic (exact) mass is 314 g/mol. The highest BCUT2D eigenvalue weighted by Gasteiger charge is 2.15. The predicted molar refractivity (Wildman–Crippen MR) is 90.9 cm³/mol. The van der Waals surface area contributed by atoms with Crippen molar-refractivity contribution in [1.82, 2.24) is 15.3 Å². The number of rotatable bonds is 5. The molecular formula is C18H23FN4. The lowest BCUT2D eigenvalue weighted by molar-refractivity contribution is 0.478. The molecule has 0 bridgehead atoms. The van der Waals surface area contributed by atoms with Crippen molar-refractivity contribution in [2.45, 2.75) is 38.6 Å². The summed E-state index contributed by atoms with van der Waals surface area (Å²) < 4.78 is 14.1. The fraction of sp³-hybridized carbons (Fsp3) is 0.444. The zero-order valence-corrected chi connectivity index (χ0v) is 13.5. The molecule has 0 spiro atoms. The fourth-order valence-corrected chi connectivity index (χ4v) is 2.89. The third-order valence-electron chi connectivity index (χ3n) is 4.09. The van der Waals surface area contributed by atoms with E-state index in [2.05, 4.69) is 27.5 Å². The molecule has 3 rings (SSSR count). The van der Waals surface area contributed by atoms with Crippen LogP contribution < -0.4 is 10.6 Å². The molecular weight excluding hydrogens is 291 g/mol. The molecule has 4 nitrogen and oxygen atoms in total. The van der Waals surface area contributed by atoms with Gasteiger partial charge in [0.1, 0.15) is 11.6 Å². The summed E-state index contributed by atoms with van der Waals surface area (Å²) in [5.41, 5.74) is 1.41. The number of halogens is 1. The summed E-state index contributed by atoms with van der Waals surface area (Å²) in [5.74, 6) is 0.980. The lowest BCUT2D eigenvalue weighted by atomic mass is 10.1.